The summed E-state index contributed by atoms with van der Waals surface area (Å²) in [5.74, 6) is 0.417. The van der Waals surface area contributed by atoms with Gasteiger partial charge in [-0.1, -0.05) is 18.6 Å². The van der Waals surface area contributed by atoms with Crippen molar-refractivity contribution in [1.29, 1.82) is 0 Å². The zero-order valence-corrected chi connectivity index (χ0v) is 15.1. The molecule has 1 fully saturated rings. The topological polar surface area (TPSA) is 101 Å². The summed E-state index contributed by atoms with van der Waals surface area (Å²) in [5.41, 5.74) is 0.807. The van der Waals surface area contributed by atoms with Gasteiger partial charge in [-0.05, 0) is 63.1 Å². The number of rotatable bonds is 6. The summed E-state index contributed by atoms with van der Waals surface area (Å²) in [7, 11) is -3.63. The third-order valence-electron chi connectivity index (χ3n) is 4.77. The van der Waals surface area contributed by atoms with E-state index in [1.165, 1.54) is 12.1 Å². The molecule has 1 aromatic rings. The second kappa shape index (κ2) is 7.11. The van der Waals surface area contributed by atoms with Crippen LogP contribution in [0.15, 0.2) is 29.2 Å². The number of unbranched alkanes of at least 4 members (excludes halogenated alkanes) is 1. The minimum atomic E-state index is -3.63. The van der Waals surface area contributed by atoms with Crippen molar-refractivity contribution in [1.82, 2.24) is 4.90 Å². The molecule has 1 atom stereocenters. The van der Waals surface area contributed by atoms with Crippen molar-refractivity contribution in [3.8, 4) is 0 Å². The number of benzene rings is 1. The zero-order valence-electron chi connectivity index (χ0n) is 14.2. The van der Waals surface area contributed by atoms with Gasteiger partial charge in [0.2, 0.25) is 10.0 Å². The van der Waals surface area contributed by atoms with E-state index in [4.69, 9.17) is 5.14 Å². The largest absolute Gasteiger partial charge is 0.465 e. The van der Waals surface area contributed by atoms with E-state index in [-0.39, 0.29) is 10.4 Å². The van der Waals surface area contributed by atoms with Crippen LogP contribution in [0, 0.1) is 5.92 Å². The van der Waals surface area contributed by atoms with Crippen LogP contribution in [0.25, 0.3) is 0 Å². The maximum absolute atomic E-state index is 11.3. The molecular formula is C17H26N2O4S. The Morgan fingerprint density at radius 1 is 1.29 bits per heavy atom. The van der Waals surface area contributed by atoms with Crippen LogP contribution in [0.3, 0.4) is 0 Å². The van der Waals surface area contributed by atoms with E-state index in [1.54, 1.807) is 17.0 Å². The van der Waals surface area contributed by atoms with Crippen molar-refractivity contribution in [2.45, 2.75) is 56.4 Å². The maximum atomic E-state index is 11.3. The third kappa shape index (κ3) is 4.70. The van der Waals surface area contributed by atoms with E-state index in [1.807, 2.05) is 13.8 Å². The standard InChI is InChI=1S/C17H26N2O4S/c1-17(2)11-14(12-19(17)16(20)21)6-4-3-5-13-7-9-15(10-8-13)24(18,22)23/h7-10,14H,3-6,11-12H2,1-2H3,(H,20,21)(H2,18,22,23). The Kier molecular flexibility index (Phi) is 5.55. The van der Waals surface area contributed by atoms with Crippen LogP contribution >= 0.6 is 0 Å². The molecular weight excluding hydrogens is 328 g/mol. The predicted molar refractivity (Wildman–Crippen MR) is 92.3 cm³/mol. The number of nitrogens with two attached hydrogens (primary N) is 1. The number of primary sulfonamides is 1. The van der Waals surface area contributed by atoms with Gasteiger partial charge in [-0.2, -0.15) is 0 Å². The summed E-state index contributed by atoms with van der Waals surface area (Å²) in [6.07, 6.45) is 4.00. The van der Waals surface area contributed by atoms with Crippen molar-refractivity contribution in [2.75, 3.05) is 6.54 Å². The first-order valence-corrected chi connectivity index (χ1v) is 9.76. The van der Waals surface area contributed by atoms with E-state index < -0.39 is 16.1 Å². The van der Waals surface area contributed by atoms with Crippen LogP contribution in [-0.4, -0.2) is 36.6 Å². The molecule has 0 aliphatic carbocycles. The molecule has 1 saturated heterocycles. The first-order valence-electron chi connectivity index (χ1n) is 8.22. The molecule has 7 heteroatoms. The van der Waals surface area contributed by atoms with Gasteiger partial charge in [0, 0.05) is 12.1 Å². The number of nitrogens with zero attached hydrogens (tertiary/aromatic N) is 1. The molecule has 0 saturated carbocycles. The van der Waals surface area contributed by atoms with Gasteiger partial charge in [-0.25, -0.2) is 18.4 Å². The quantitative estimate of drug-likeness (QED) is 0.767. The summed E-state index contributed by atoms with van der Waals surface area (Å²) in [4.78, 5) is 12.9. The lowest BCUT2D eigenvalue weighted by Gasteiger charge is -2.28. The highest BCUT2D eigenvalue weighted by Gasteiger charge is 2.40. The number of hydrogen-bond acceptors (Lipinski definition) is 3. The number of likely N-dealkylation sites (tertiary alicyclic amines) is 1. The molecule has 1 unspecified atom stereocenters. The van der Waals surface area contributed by atoms with E-state index >= 15 is 0 Å². The molecule has 0 bridgehead atoms. The summed E-state index contributed by atoms with van der Waals surface area (Å²) >= 11 is 0. The molecule has 0 radical (unpaired) electrons. The van der Waals surface area contributed by atoms with Crippen LogP contribution in [-0.2, 0) is 16.4 Å². The molecule has 24 heavy (non-hydrogen) atoms. The number of carbonyl (C=O) groups is 1. The number of aryl methyl sites for hydroxylation is 1. The van der Waals surface area contributed by atoms with E-state index in [9.17, 15) is 18.3 Å². The average Bonchev–Trinajstić information content (AvgIpc) is 2.78. The summed E-state index contributed by atoms with van der Waals surface area (Å²) in [5, 5.41) is 14.3. The van der Waals surface area contributed by atoms with Crippen LogP contribution in [0.2, 0.25) is 0 Å². The van der Waals surface area contributed by atoms with Gasteiger partial charge < -0.3 is 10.0 Å². The van der Waals surface area contributed by atoms with Crippen LogP contribution < -0.4 is 5.14 Å². The van der Waals surface area contributed by atoms with Crippen molar-refractivity contribution >= 4 is 16.1 Å². The van der Waals surface area contributed by atoms with Crippen molar-refractivity contribution in [2.24, 2.45) is 11.1 Å². The van der Waals surface area contributed by atoms with E-state index in [2.05, 4.69) is 0 Å². The van der Waals surface area contributed by atoms with Gasteiger partial charge in [0.05, 0.1) is 4.90 Å². The van der Waals surface area contributed by atoms with Gasteiger partial charge >= 0.3 is 6.09 Å². The third-order valence-corrected chi connectivity index (χ3v) is 5.70. The predicted octanol–water partition coefficient (Wildman–Crippen LogP) is 2.83. The molecule has 1 heterocycles. The lowest BCUT2D eigenvalue weighted by atomic mass is 9.92. The highest BCUT2D eigenvalue weighted by Crippen LogP contribution is 2.35. The molecule has 1 aliphatic heterocycles. The molecule has 1 amide bonds. The van der Waals surface area contributed by atoms with Gasteiger partial charge in [-0.15, -0.1) is 0 Å². The maximum Gasteiger partial charge on any atom is 0.407 e. The van der Waals surface area contributed by atoms with Crippen LogP contribution in [0.4, 0.5) is 4.79 Å². The fraction of sp³-hybridized carbons (Fsp3) is 0.588. The number of hydrogen-bond donors (Lipinski definition) is 2. The molecule has 0 spiro atoms. The molecule has 1 aliphatic rings. The Bertz CT molecular complexity index is 683. The van der Waals surface area contributed by atoms with E-state index in [0.717, 1.165) is 37.7 Å². The second-order valence-electron chi connectivity index (χ2n) is 7.21. The van der Waals surface area contributed by atoms with E-state index in [0.29, 0.717) is 12.5 Å². The average molecular weight is 354 g/mol. The molecule has 134 valence electrons. The van der Waals surface area contributed by atoms with Crippen LogP contribution in [0.5, 0.6) is 0 Å². The lowest BCUT2D eigenvalue weighted by molar-refractivity contribution is 0.117. The zero-order chi connectivity index (χ0) is 18.0. The fourth-order valence-electron chi connectivity index (χ4n) is 3.52. The number of carboxylic acid groups (broad SMARTS) is 1. The molecule has 2 rings (SSSR count). The van der Waals surface area contributed by atoms with Crippen LogP contribution in [0.1, 0.15) is 45.1 Å². The molecule has 3 N–H and O–H groups in total. The van der Waals surface area contributed by atoms with Gasteiger partial charge in [0.15, 0.2) is 0 Å². The Balaban J connectivity index is 1.77. The monoisotopic (exact) mass is 354 g/mol. The smallest absolute Gasteiger partial charge is 0.407 e. The fourth-order valence-corrected chi connectivity index (χ4v) is 4.04. The van der Waals surface area contributed by atoms with Gasteiger partial charge in [-0.3, -0.25) is 0 Å². The number of amides is 1. The lowest BCUT2D eigenvalue weighted by Crippen LogP contribution is -2.41. The van der Waals surface area contributed by atoms with Crippen molar-refractivity contribution < 1.29 is 18.3 Å². The normalized spacial score (nSPS) is 20.3. The summed E-state index contributed by atoms with van der Waals surface area (Å²) in [6.45, 7) is 4.58. The highest BCUT2D eigenvalue weighted by molar-refractivity contribution is 7.89. The second-order valence-corrected chi connectivity index (χ2v) is 8.77. The Labute approximate surface area is 143 Å². The molecule has 0 aromatic heterocycles. The molecule has 6 nitrogen and oxygen atoms in total. The van der Waals surface area contributed by atoms with Gasteiger partial charge in [0.1, 0.15) is 0 Å². The van der Waals surface area contributed by atoms with Crippen molar-refractivity contribution in [3.05, 3.63) is 29.8 Å². The molecule has 1 aromatic carbocycles. The van der Waals surface area contributed by atoms with Gasteiger partial charge in [0.25, 0.3) is 0 Å². The minimum Gasteiger partial charge on any atom is -0.465 e. The Hall–Kier alpha value is -1.60. The SMILES string of the molecule is CC1(C)CC(CCCCc2ccc(S(N)(=O)=O)cc2)CN1C(=O)O. The Morgan fingerprint density at radius 2 is 1.92 bits per heavy atom. The Morgan fingerprint density at radius 3 is 2.42 bits per heavy atom. The highest BCUT2D eigenvalue weighted by atomic mass is 32.2. The number of sulfonamides is 1. The first-order chi connectivity index (χ1) is 11.1. The first kappa shape index (κ1) is 18.7. The summed E-state index contributed by atoms with van der Waals surface area (Å²) in [6, 6.07) is 6.67. The van der Waals surface area contributed by atoms with Crippen molar-refractivity contribution in [3.63, 3.8) is 0 Å². The minimum absolute atomic E-state index is 0.133. The summed E-state index contributed by atoms with van der Waals surface area (Å²) < 4.78 is 22.4.